The zero-order valence-corrected chi connectivity index (χ0v) is 25.3. The maximum atomic E-state index is 2.41. The summed E-state index contributed by atoms with van der Waals surface area (Å²) in [6.45, 7) is 0. The summed E-state index contributed by atoms with van der Waals surface area (Å²) < 4.78 is 0. The van der Waals surface area contributed by atoms with Gasteiger partial charge in [-0.25, -0.2) is 0 Å². The Morgan fingerprint density at radius 1 is 0.217 bits per heavy atom. The van der Waals surface area contributed by atoms with Gasteiger partial charge < -0.3 is 0 Å². The average molecular weight is 583 g/mol. The minimum atomic E-state index is 1.22. The van der Waals surface area contributed by atoms with E-state index in [9.17, 15) is 0 Å². The summed E-state index contributed by atoms with van der Waals surface area (Å²) in [5.74, 6) is 0. The molecule has 0 aliphatic rings. The van der Waals surface area contributed by atoms with Crippen LogP contribution < -0.4 is 0 Å². The van der Waals surface area contributed by atoms with Crippen molar-refractivity contribution in [2.45, 2.75) is 0 Å². The Morgan fingerprint density at radius 3 is 1.48 bits per heavy atom. The van der Waals surface area contributed by atoms with E-state index >= 15 is 0 Å². The predicted octanol–water partition coefficient (Wildman–Crippen LogP) is 13.0. The molecule has 9 aromatic carbocycles. The molecule has 0 nitrogen and oxygen atoms in total. The standard InChI is InChI=1S/C46H30/c1-3-13-31(14-4-1)35-25-26-43-44(30-35)46(42-28-27-37(33-16-5-2-6-17-33)38-19-9-10-20-39(38)42)41-22-12-11-21-40(41)45(43)36-24-23-32-15-7-8-18-34(32)29-36/h1-30H. The summed E-state index contributed by atoms with van der Waals surface area (Å²) >= 11 is 0. The van der Waals surface area contributed by atoms with Gasteiger partial charge in [-0.3, -0.25) is 0 Å². The van der Waals surface area contributed by atoms with Crippen molar-refractivity contribution in [3.63, 3.8) is 0 Å². The molecule has 214 valence electrons. The molecular formula is C46H30. The van der Waals surface area contributed by atoms with Crippen molar-refractivity contribution in [3.8, 4) is 44.5 Å². The van der Waals surface area contributed by atoms with E-state index in [-0.39, 0.29) is 0 Å². The van der Waals surface area contributed by atoms with Gasteiger partial charge in [-0.1, -0.05) is 170 Å². The van der Waals surface area contributed by atoms with E-state index in [1.54, 1.807) is 0 Å². The molecule has 0 heterocycles. The molecule has 0 saturated heterocycles. The van der Waals surface area contributed by atoms with Crippen LogP contribution in [0.3, 0.4) is 0 Å². The van der Waals surface area contributed by atoms with Gasteiger partial charge in [-0.15, -0.1) is 0 Å². The second-order valence-electron chi connectivity index (χ2n) is 12.1. The highest BCUT2D eigenvalue weighted by Gasteiger charge is 2.20. The first kappa shape index (κ1) is 26.4. The van der Waals surface area contributed by atoms with Crippen LogP contribution in [0.25, 0.3) is 87.6 Å². The lowest BCUT2D eigenvalue weighted by atomic mass is 9.82. The summed E-state index contributed by atoms with van der Waals surface area (Å²) in [4.78, 5) is 0. The first-order chi connectivity index (χ1) is 22.8. The van der Waals surface area contributed by atoms with Crippen molar-refractivity contribution < 1.29 is 0 Å². The van der Waals surface area contributed by atoms with Gasteiger partial charge in [0.1, 0.15) is 0 Å². The number of hydrogen-bond acceptors (Lipinski definition) is 0. The molecule has 0 spiro atoms. The molecule has 0 aromatic heterocycles. The minimum Gasteiger partial charge on any atom is -0.0622 e. The van der Waals surface area contributed by atoms with Gasteiger partial charge >= 0.3 is 0 Å². The molecule has 9 aromatic rings. The highest BCUT2D eigenvalue weighted by molar-refractivity contribution is 6.24. The topological polar surface area (TPSA) is 0 Å². The van der Waals surface area contributed by atoms with E-state index in [1.807, 2.05) is 0 Å². The third kappa shape index (κ3) is 4.30. The molecule has 0 amide bonds. The fourth-order valence-electron chi connectivity index (χ4n) is 7.32. The van der Waals surface area contributed by atoms with E-state index in [0.717, 1.165) is 0 Å². The second-order valence-corrected chi connectivity index (χ2v) is 12.1. The van der Waals surface area contributed by atoms with E-state index < -0.39 is 0 Å². The maximum absolute atomic E-state index is 2.41. The summed E-state index contributed by atoms with van der Waals surface area (Å²) in [7, 11) is 0. The zero-order chi connectivity index (χ0) is 30.5. The second kappa shape index (κ2) is 10.9. The highest BCUT2D eigenvalue weighted by Crippen LogP contribution is 2.47. The molecule has 0 aliphatic heterocycles. The van der Waals surface area contributed by atoms with Crippen LogP contribution in [-0.2, 0) is 0 Å². The maximum Gasteiger partial charge on any atom is -0.00199 e. The Kier molecular flexibility index (Phi) is 6.25. The first-order valence-electron chi connectivity index (χ1n) is 15.9. The van der Waals surface area contributed by atoms with Crippen molar-refractivity contribution in [2.75, 3.05) is 0 Å². The van der Waals surface area contributed by atoms with Crippen molar-refractivity contribution in [3.05, 3.63) is 182 Å². The van der Waals surface area contributed by atoms with Gasteiger partial charge in [0, 0.05) is 0 Å². The molecule has 0 radical (unpaired) electrons. The largest absolute Gasteiger partial charge is 0.0622 e. The molecule has 0 fully saturated rings. The van der Waals surface area contributed by atoms with Gasteiger partial charge in [0.05, 0.1) is 0 Å². The quantitative estimate of drug-likeness (QED) is 0.181. The predicted molar refractivity (Wildman–Crippen MR) is 198 cm³/mol. The number of benzene rings is 9. The van der Waals surface area contributed by atoms with Crippen LogP contribution in [-0.4, -0.2) is 0 Å². The number of rotatable bonds is 4. The Bertz CT molecular complexity index is 2560. The minimum absolute atomic E-state index is 1.22. The SMILES string of the molecule is c1ccc(-c2ccc3c(-c4ccc5ccccc5c4)c4ccccc4c(-c4ccc(-c5ccccc5)c5ccccc45)c3c2)cc1. The van der Waals surface area contributed by atoms with E-state index in [2.05, 4.69) is 182 Å². The molecule has 46 heavy (non-hydrogen) atoms. The van der Waals surface area contributed by atoms with Crippen molar-refractivity contribution in [2.24, 2.45) is 0 Å². The third-order valence-electron chi connectivity index (χ3n) is 9.45. The zero-order valence-electron chi connectivity index (χ0n) is 25.3. The van der Waals surface area contributed by atoms with Crippen molar-refractivity contribution >= 4 is 43.1 Å². The molecule has 0 atom stereocenters. The van der Waals surface area contributed by atoms with Gasteiger partial charge in [0.25, 0.3) is 0 Å². The lowest BCUT2D eigenvalue weighted by Crippen LogP contribution is -1.93. The van der Waals surface area contributed by atoms with Gasteiger partial charge in [-0.05, 0) is 99.7 Å². The molecule has 9 rings (SSSR count). The van der Waals surface area contributed by atoms with Gasteiger partial charge in [0.15, 0.2) is 0 Å². The van der Waals surface area contributed by atoms with Crippen LogP contribution in [0.1, 0.15) is 0 Å². The van der Waals surface area contributed by atoms with E-state index in [4.69, 9.17) is 0 Å². The molecule has 0 aliphatic carbocycles. The lowest BCUT2D eigenvalue weighted by Gasteiger charge is -2.20. The summed E-state index contributed by atoms with van der Waals surface area (Å²) in [5.41, 5.74) is 9.99. The average Bonchev–Trinajstić information content (AvgIpc) is 3.14. The molecule has 0 saturated carbocycles. The van der Waals surface area contributed by atoms with Crippen LogP contribution in [0.15, 0.2) is 182 Å². The van der Waals surface area contributed by atoms with Crippen molar-refractivity contribution in [1.82, 2.24) is 0 Å². The molecule has 0 unspecified atom stereocenters. The molecular weight excluding hydrogens is 553 g/mol. The van der Waals surface area contributed by atoms with E-state index in [1.165, 1.54) is 87.6 Å². The Morgan fingerprint density at radius 2 is 0.739 bits per heavy atom. The fourth-order valence-corrected chi connectivity index (χ4v) is 7.32. The van der Waals surface area contributed by atoms with E-state index in [0.29, 0.717) is 0 Å². The van der Waals surface area contributed by atoms with Crippen LogP contribution in [0.4, 0.5) is 0 Å². The van der Waals surface area contributed by atoms with Gasteiger partial charge in [-0.2, -0.15) is 0 Å². The van der Waals surface area contributed by atoms with Crippen molar-refractivity contribution in [1.29, 1.82) is 0 Å². The Labute approximate surface area is 268 Å². The highest BCUT2D eigenvalue weighted by atomic mass is 14.2. The van der Waals surface area contributed by atoms with Gasteiger partial charge in [0.2, 0.25) is 0 Å². The fraction of sp³-hybridized carbons (Fsp3) is 0. The monoisotopic (exact) mass is 582 g/mol. The number of fused-ring (bicyclic) bond motifs is 4. The summed E-state index contributed by atoms with van der Waals surface area (Å²) in [6.07, 6.45) is 0. The first-order valence-corrected chi connectivity index (χ1v) is 15.9. The molecule has 0 heteroatoms. The smallest absolute Gasteiger partial charge is 0.00199 e. The Balaban J connectivity index is 1.42. The molecule has 0 bridgehead atoms. The third-order valence-corrected chi connectivity index (χ3v) is 9.45. The summed E-state index contributed by atoms with van der Waals surface area (Å²) in [6, 6.07) is 66.6. The Hall–Kier alpha value is -5.98. The molecule has 0 N–H and O–H groups in total. The summed E-state index contributed by atoms with van der Waals surface area (Å²) in [5, 5.41) is 10.1. The number of hydrogen-bond donors (Lipinski definition) is 0. The normalized spacial score (nSPS) is 11.5. The van der Waals surface area contributed by atoms with Crippen LogP contribution in [0.5, 0.6) is 0 Å². The lowest BCUT2D eigenvalue weighted by molar-refractivity contribution is 1.63. The van der Waals surface area contributed by atoms with Crippen LogP contribution in [0, 0.1) is 0 Å². The van der Waals surface area contributed by atoms with Crippen LogP contribution in [0.2, 0.25) is 0 Å². The van der Waals surface area contributed by atoms with Crippen LogP contribution >= 0.6 is 0 Å².